The zero-order chi connectivity index (χ0) is 19.0. The summed E-state index contributed by atoms with van der Waals surface area (Å²) in [7, 11) is 1.59. The minimum Gasteiger partial charge on any atom is -0.507 e. The Bertz CT molecular complexity index is 867. The normalized spacial score (nSPS) is 19.7. The van der Waals surface area contributed by atoms with Crippen molar-refractivity contribution in [3.8, 4) is 11.5 Å². The number of phenolic OH excluding ortho intramolecular Hbond substituents is 1. The van der Waals surface area contributed by atoms with Gasteiger partial charge >= 0.3 is 6.09 Å². The monoisotopic (exact) mass is 368 g/mol. The first-order valence-corrected chi connectivity index (χ1v) is 9.19. The van der Waals surface area contributed by atoms with Crippen molar-refractivity contribution in [1.29, 1.82) is 0 Å². The third-order valence-electron chi connectivity index (χ3n) is 5.32. The second-order valence-corrected chi connectivity index (χ2v) is 7.23. The molecule has 2 aliphatic heterocycles. The number of amides is 1. The molecule has 0 saturated carbocycles. The van der Waals surface area contributed by atoms with Crippen LogP contribution in [0.3, 0.4) is 0 Å². The minimum absolute atomic E-state index is 0.0466. The average Bonchev–Trinajstić information content (AvgIpc) is 3.01. The van der Waals surface area contributed by atoms with Gasteiger partial charge in [-0.2, -0.15) is 0 Å². The molecule has 1 N–H and O–H groups in total. The fourth-order valence-electron chi connectivity index (χ4n) is 3.83. The first-order chi connectivity index (χ1) is 13.0. The molecule has 2 aromatic carbocycles. The maximum absolute atomic E-state index is 12.3. The average molecular weight is 368 g/mol. The van der Waals surface area contributed by atoms with Gasteiger partial charge in [0.15, 0.2) is 0 Å². The van der Waals surface area contributed by atoms with Crippen molar-refractivity contribution in [2.24, 2.45) is 0 Å². The van der Waals surface area contributed by atoms with Crippen LogP contribution in [0.25, 0.3) is 0 Å². The van der Waals surface area contributed by atoms with Crippen molar-refractivity contribution in [2.45, 2.75) is 32.5 Å². The van der Waals surface area contributed by atoms with E-state index in [1.807, 2.05) is 24.0 Å². The molecule has 0 bridgehead atoms. The number of ether oxygens (including phenoxy) is 2. The summed E-state index contributed by atoms with van der Waals surface area (Å²) in [4.78, 5) is 16.4. The van der Waals surface area contributed by atoms with Crippen molar-refractivity contribution in [3.63, 3.8) is 0 Å². The summed E-state index contributed by atoms with van der Waals surface area (Å²) in [6.07, 6.45) is 0.573. The lowest BCUT2D eigenvalue weighted by Crippen LogP contribution is -2.40. The molecule has 6 heteroatoms. The maximum Gasteiger partial charge on any atom is 0.414 e. The van der Waals surface area contributed by atoms with E-state index in [4.69, 9.17) is 9.47 Å². The maximum atomic E-state index is 12.3. The van der Waals surface area contributed by atoms with E-state index in [1.165, 1.54) is 0 Å². The number of cyclic esters (lactones) is 1. The van der Waals surface area contributed by atoms with Gasteiger partial charge < -0.3 is 14.6 Å². The highest BCUT2D eigenvalue weighted by Crippen LogP contribution is 2.33. The molecule has 6 nitrogen and oxygen atoms in total. The number of phenols is 1. The molecule has 1 amide bonds. The van der Waals surface area contributed by atoms with Crippen molar-refractivity contribution >= 4 is 11.8 Å². The minimum atomic E-state index is -0.256. The quantitative estimate of drug-likeness (QED) is 0.899. The Morgan fingerprint density at radius 2 is 2.11 bits per heavy atom. The number of aromatic hydroxyl groups is 1. The summed E-state index contributed by atoms with van der Waals surface area (Å²) in [5.41, 5.74) is 4.01. The Kier molecular flexibility index (Phi) is 4.66. The molecule has 1 unspecified atom stereocenters. The van der Waals surface area contributed by atoms with Gasteiger partial charge in [-0.05, 0) is 36.6 Å². The molecule has 0 radical (unpaired) electrons. The number of rotatable bonds is 3. The molecule has 2 aromatic rings. The molecule has 142 valence electrons. The zero-order valence-electron chi connectivity index (χ0n) is 15.6. The van der Waals surface area contributed by atoms with Crippen LogP contribution in [0.4, 0.5) is 10.5 Å². The number of methoxy groups -OCH3 is 1. The van der Waals surface area contributed by atoms with Crippen molar-refractivity contribution in [2.75, 3.05) is 25.2 Å². The predicted octanol–water partition coefficient (Wildman–Crippen LogP) is 3.44. The van der Waals surface area contributed by atoms with E-state index in [1.54, 1.807) is 13.2 Å². The third kappa shape index (κ3) is 3.45. The molecule has 1 fully saturated rings. The van der Waals surface area contributed by atoms with E-state index in [-0.39, 0.29) is 17.9 Å². The molecule has 0 spiro atoms. The van der Waals surface area contributed by atoms with E-state index < -0.39 is 0 Å². The molecule has 4 rings (SSSR count). The highest BCUT2D eigenvalue weighted by molar-refractivity contribution is 5.91. The van der Waals surface area contributed by atoms with Gasteiger partial charge in [-0.1, -0.05) is 18.2 Å². The van der Waals surface area contributed by atoms with E-state index in [0.717, 1.165) is 35.3 Å². The van der Waals surface area contributed by atoms with E-state index >= 15 is 0 Å². The second kappa shape index (κ2) is 7.12. The van der Waals surface area contributed by atoms with Gasteiger partial charge in [0.2, 0.25) is 0 Å². The van der Waals surface area contributed by atoms with Gasteiger partial charge in [0.1, 0.15) is 18.1 Å². The lowest BCUT2D eigenvalue weighted by Gasteiger charge is -2.32. The van der Waals surface area contributed by atoms with Crippen LogP contribution in [0.5, 0.6) is 11.5 Å². The molecule has 1 saturated heterocycles. The summed E-state index contributed by atoms with van der Waals surface area (Å²) < 4.78 is 10.5. The first-order valence-electron chi connectivity index (χ1n) is 9.19. The number of benzene rings is 2. The fourth-order valence-corrected chi connectivity index (χ4v) is 3.83. The van der Waals surface area contributed by atoms with Crippen molar-refractivity contribution in [3.05, 3.63) is 53.1 Å². The summed E-state index contributed by atoms with van der Waals surface area (Å²) in [5, 5.41) is 10.3. The van der Waals surface area contributed by atoms with Crippen LogP contribution in [0.15, 0.2) is 36.4 Å². The Morgan fingerprint density at radius 1 is 1.26 bits per heavy atom. The number of aryl methyl sites for hydroxylation is 1. The molecular formula is C21H24N2O4. The van der Waals surface area contributed by atoms with Crippen LogP contribution >= 0.6 is 0 Å². The number of nitrogens with zero attached hydrogens (tertiary/aromatic N) is 2. The van der Waals surface area contributed by atoms with Gasteiger partial charge in [-0.25, -0.2) is 4.79 Å². The number of carbonyl (C=O) groups is 1. The van der Waals surface area contributed by atoms with Crippen LogP contribution in [-0.2, 0) is 17.8 Å². The molecule has 0 aromatic heterocycles. The topological polar surface area (TPSA) is 62.2 Å². The Balaban J connectivity index is 1.63. The molecule has 2 aliphatic rings. The Hall–Kier alpha value is -2.73. The van der Waals surface area contributed by atoms with E-state index in [0.29, 0.717) is 25.4 Å². The van der Waals surface area contributed by atoms with Crippen LogP contribution in [0.1, 0.15) is 23.1 Å². The Labute approximate surface area is 158 Å². The first kappa shape index (κ1) is 17.7. The van der Waals surface area contributed by atoms with Gasteiger partial charge in [0.05, 0.1) is 18.8 Å². The third-order valence-corrected chi connectivity index (χ3v) is 5.32. The summed E-state index contributed by atoms with van der Waals surface area (Å²) in [6.45, 7) is 4.61. The SMILES string of the molecule is COc1ccc(CN2CCC3COC(=O)N3c3cc(C)ccc3C2)c(O)c1. The summed E-state index contributed by atoms with van der Waals surface area (Å²) >= 11 is 0. The molecule has 27 heavy (non-hydrogen) atoms. The fraction of sp³-hybridized carbons (Fsp3) is 0.381. The van der Waals surface area contributed by atoms with Gasteiger partial charge in [-0.3, -0.25) is 9.80 Å². The van der Waals surface area contributed by atoms with E-state index in [9.17, 15) is 9.90 Å². The highest BCUT2D eigenvalue weighted by Gasteiger charge is 2.37. The highest BCUT2D eigenvalue weighted by atomic mass is 16.6. The lowest BCUT2D eigenvalue weighted by molar-refractivity contribution is 0.177. The lowest BCUT2D eigenvalue weighted by atomic mass is 10.0. The zero-order valence-corrected chi connectivity index (χ0v) is 15.6. The molecule has 1 atom stereocenters. The standard InChI is InChI=1S/C21H24N2O4/c1-14-3-4-15-11-22(12-16-5-6-18(26-2)10-20(16)24)8-7-17-13-27-21(25)23(17)19(15)9-14/h3-6,9-10,17,24H,7-8,11-13H2,1-2H3. The van der Waals surface area contributed by atoms with Crippen LogP contribution in [-0.4, -0.2) is 42.4 Å². The summed E-state index contributed by atoms with van der Waals surface area (Å²) in [5.74, 6) is 0.878. The number of carbonyl (C=O) groups excluding carboxylic acids is 1. The molecule has 0 aliphatic carbocycles. The van der Waals surface area contributed by atoms with Gasteiger partial charge in [0.25, 0.3) is 0 Å². The summed E-state index contributed by atoms with van der Waals surface area (Å²) in [6, 6.07) is 11.7. The van der Waals surface area contributed by atoms with E-state index in [2.05, 4.69) is 23.1 Å². The van der Waals surface area contributed by atoms with Crippen molar-refractivity contribution in [1.82, 2.24) is 4.90 Å². The second-order valence-electron chi connectivity index (χ2n) is 7.23. The van der Waals surface area contributed by atoms with Crippen LogP contribution in [0.2, 0.25) is 0 Å². The molecule has 2 heterocycles. The van der Waals surface area contributed by atoms with Crippen LogP contribution in [0, 0.1) is 6.92 Å². The Morgan fingerprint density at radius 3 is 2.89 bits per heavy atom. The van der Waals surface area contributed by atoms with Crippen LogP contribution < -0.4 is 9.64 Å². The van der Waals surface area contributed by atoms with Gasteiger partial charge in [0, 0.05) is 31.3 Å². The molecular weight excluding hydrogens is 344 g/mol. The number of fused-ring (bicyclic) bond motifs is 3. The largest absolute Gasteiger partial charge is 0.507 e. The smallest absolute Gasteiger partial charge is 0.414 e. The van der Waals surface area contributed by atoms with Gasteiger partial charge in [-0.15, -0.1) is 0 Å². The number of anilines is 1. The number of hydrogen-bond acceptors (Lipinski definition) is 5. The number of hydrogen-bond donors (Lipinski definition) is 1. The van der Waals surface area contributed by atoms with Crippen molar-refractivity contribution < 1.29 is 19.4 Å². The predicted molar refractivity (Wildman–Crippen MR) is 102 cm³/mol.